The Kier molecular flexibility index (Phi) is 4.25. The van der Waals surface area contributed by atoms with Crippen LogP contribution in [0, 0.1) is 17.4 Å². The Bertz CT molecular complexity index is 208. The van der Waals surface area contributed by atoms with Gasteiger partial charge in [-0.1, -0.05) is 47.7 Å². The zero-order valence-corrected chi connectivity index (χ0v) is 11.3. The summed E-state index contributed by atoms with van der Waals surface area (Å²) in [6.07, 6.45) is 1.05. The van der Waals surface area contributed by atoms with Gasteiger partial charge in [-0.2, -0.15) is 0 Å². The summed E-state index contributed by atoms with van der Waals surface area (Å²) in [5, 5.41) is 0.400. The van der Waals surface area contributed by atoms with Crippen molar-refractivity contribution < 1.29 is 0 Å². The molecule has 0 aromatic carbocycles. The second kappa shape index (κ2) is 4.33. The van der Waals surface area contributed by atoms with Gasteiger partial charge in [0.25, 0.3) is 0 Å². The van der Waals surface area contributed by atoms with Gasteiger partial charge in [0.05, 0.1) is 0 Å². The molecule has 0 aromatic heterocycles. The predicted molar refractivity (Wildman–Crippen MR) is 64.4 cm³/mol. The molecule has 0 aromatic rings. The first-order chi connectivity index (χ1) is 5.67. The van der Waals surface area contributed by atoms with Gasteiger partial charge in [0, 0.05) is 6.42 Å². The molecular formula is C12H24Si. The van der Waals surface area contributed by atoms with E-state index in [4.69, 9.17) is 0 Å². The summed E-state index contributed by atoms with van der Waals surface area (Å²) in [4.78, 5) is 0. The highest BCUT2D eigenvalue weighted by molar-refractivity contribution is 6.87. The number of rotatable bonds is 1. The minimum atomic E-state index is -1.33. The van der Waals surface area contributed by atoms with Gasteiger partial charge in [-0.3, -0.25) is 0 Å². The van der Waals surface area contributed by atoms with Gasteiger partial charge in [-0.15, -0.1) is 11.5 Å². The van der Waals surface area contributed by atoms with Gasteiger partial charge in [-0.25, -0.2) is 0 Å². The molecule has 0 aliphatic rings. The SMILES string of the molecule is CC(C)CC#C[Si](C)(C)C(C)(C)C. The second-order valence-corrected chi connectivity index (χ2v) is 10.8. The first-order valence-electron chi connectivity index (χ1n) is 5.17. The fraction of sp³-hybridized carbons (Fsp3) is 0.833. The molecule has 76 valence electrons. The summed E-state index contributed by atoms with van der Waals surface area (Å²) in [6.45, 7) is 16.1. The van der Waals surface area contributed by atoms with Gasteiger partial charge in [0.1, 0.15) is 8.07 Å². The lowest BCUT2D eigenvalue weighted by atomic mass is 10.1. The van der Waals surface area contributed by atoms with Crippen LogP contribution in [0.4, 0.5) is 0 Å². The Morgan fingerprint density at radius 3 is 1.92 bits per heavy atom. The standard InChI is InChI=1S/C12H24Si/c1-11(2)9-8-10-13(6,7)12(3,4)5/h11H,9H2,1-7H3. The third-order valence-electron chi connectivity index (χ3n) is 2.79. The van der Waals surface area contributed by atoms with E-state index >= 15 is 0 Å². The molecule has 0 fully saturated rings. The molecular weight excluding hydrogens is 172 g/mol. The third kappa shape index (κ3) is 4.52. The average molecular weight is 196 g/mol. The highest BCUT2D eigenvalue weighted by Crippen LogP contribution is 2.35. The van der Waals surface area contributed by atoms with Gasteiger partial charge < -0.3 is 0 Å². The molecule has 1 heteroatoms. The molecule has 0 bridgehead atoms. The lowest BCUT2D eigenvalue weighted by molar-refractivity contribution is 0.675. The van der Waals surface area contributed by atoms with E-state index in [2.05, 4.69) is 59.2 Å². The van der Waals surface area contributed by atoms with Gasteiger partial charge in [0.15, 0.2) is 0 Å². The van der Waals surface area contributed by atoms with E-state index in [1.807, 2.05) is 0 Å². The summed E-state index contributed by atoms with van der Waals surface area (Å²) in [5.41, 5.74) is 3.52. The summed E-state index contributed by atoms with van der Waals surface area (Å²) >= 11 is 0. The largest absolute Gasteiger partial charge is 0.137 e. The zero-order valence-electron chi connectivity index (χ0n) is 10.3. The van der Waals surface area contributed by atoms with Crippen LogP contribution in [0.3, 0.4) is 0 Å². The Morgan fingerprint density at radius 2 is 1.62 bits per heavy atom. The van der Waals surface area contributed by atoms with Crippen LogP contribution in [0.15, 0.2) is 0 Å². The quantitative estimate of drug-likeness (QED) is 0.438. The molecule has 0 radical (unpaired) electrons. The van der Waals surface area contributed by atoms with Crippen LogP contribution in [0.2, 0.25) is 18.1 Å². The minimum absolute atomic E-state index is 0.400. The van der Waals surface area contributed by atoms with E-state index in [1.54, 1.807) is 0 Å². The molecule has 0 saturated heterocycles. The van der Waals surface area contributed by atoms with Crippen molar-refractivity contribution in [2.75, 3.05) is 0 Å². The van der Waals surface area contributed by atoms with Crippen molar-refractivity contribution in [1.29, 1.82) is 0 Å². The summed E-state index contributed by atoms with van der Waals surface area (Å²) in [7, 11) is -1.33. The molecule has 0 aliphatic carbocycles. The maximum Gasteiger partial charge on any atom is 0.137 e. The van der Waals surface area contributed by atoms with Gasteiger partial charge in [0.2, 0.25) is 0 Å². The molecule has 0 spiro atoms. The fourth-order valence-corrected chi connectivity index (χ4v) is 1.58. The van der Waals surface area contributed by atoms with Crippen LogP contribution >= 0.6 is 0 Å². The van der Waals surface area contributed by atoms with Crippen molar-refractivity contribution in [3.05, 3.63) is 0 Å². The molecule has 0 rings (SSSR count). The fourth-order valence-electron chi connectivity index (χ4n) is 0.664. The number of hydrogen-bond donors (Lipinski definition) is 0. The molecule has 0 N–H and O–H groups in total. The topological polar surface area (TPSA) is 0 Å². The summed E-state index contributed by atoms with van der Waals surface area (Å²) in [5.74, 6) is 4.05. The van der Waals surface area contributed by atoms with Crippen molar-refractivity contribution in [3.8, 4) is 11.5 Å². The average Bonchev–Trinajstić information content (AvgIpc) is 1.82. The molecule has 0 atom stereocenters. The Morgan fingerprint density at radius 1 is 1.15 bits per heavy atom. The Hall–Kier alpha value is -0.223. The van der Waals surface area contributed by atoms with Gasteiger partial charge >= 0.3 is 0 Å². The predicted octanol–water partition coefficient (Wildman–Crippen LogP) is 4.08. The minimum Gasteiger partial charge on any atom is -0.131 e. The normalized spacial score (nSPS) is 12.6. The second-order valence-electron chi connectivity index (χ2n) is 5.77. The smallest absolute Gasteiger partial charge is 0.131 e. The Balaban J connectivity index is 4.39. The summed E-state index contributed by atoms with van der Waals surface area (Å²) < 4.78 is 0. The highest BCUT2D eigenvalue weighted by Gasteiger charge is 2.33. The third-order valence-corrected chi connectivity index (χ3v) is 7.34. The van der Waals surface area contributed by atoms with E-state index in [0.29, 0.717) is 11.0 Å². The maximum atomic E-state index is 3.52. The monoisotopic (exact) mass is 196 g/mol. The van der Waals surface area contributed by atoms with Crippen LogP contribution in [0.5, 0.6) is 0 Å². The van der Waals surface area contributed by atoms with E-state index in [1.165, 1.54) is 0 Å². The summed E-state index contributed by atoms with van der Waals surface area (Å²) in [6, 6.07) is 0. The van der Waals surface area contributed by atoms with Crippen molar-refractivity contribution in [1.82, 2.24) is 0 Å². The lowest BCUT2D eigenvalue weighted by Crippen LogP contribution is -2.35. The van der Waals surface area contributed by atoms with Gasteiger partial charge in [-0.05, 0) is 11.0 Å². The van der Waals surface area contributed by atoms with Crippen molar-refractivity contribution >= 4 is 8.07 Å². The molecule has 0 heterocycles. The van der Waals surface area contributed by atoms with Crippen LogP contribution in [-0.4, -0.2) is 8.07 Å². The van der Waals surface area contributed by atoms with E-state index in [0.717, 1.165) is 6.42 Å². The van der Waals surface area contributed by atoms with E-state index in [9.17, 15) is 0 Å². The first-order valence-corrected chi connectivity index (χ1v) is 8.17. The van der Waals surface area contributed by atoms with Crippen molar-refractivity contribution in [2.24, 2.45) is 5.92 Å². The molecule has 13 heavy (non-hydrogen) atoms. The molecule has 0 saturated carbocycles. The number of hydrogen-bond acceptors (Lipinski definition) is 0. The maximum absolute atomic E-state index is 3.52. The highest BCUT2D eigenvalue weighted by atomic mass is 28.3. The van der Waals surface area contributed by atoms with Crippen LogP contribution in [-0.2, 0) is 0 Å². The first kappa shape index (κ1) is 12.8. The van der Waals surface area contributed by atoms with Crippen LogP contribution in [0.1, 0.15) is 41.0 Å². The van der Waals surface area contributed by atoms with E-state index < -0.39 is 8.07 Å². The molecule has 0 unspecified atom stereocenters. The lowest BCUT2D eigenvalue weighted by Gasteiger charge is -2.31. The molecule has 0 nitrogen and oxygen atoms in total. The van der Waals surface area contributed by atoms with Crippen molar-refractivity contribution in [2.45, 2.75) is 59.2 Å². The van der Waals surface area contributed by atoms with Crippen molar-refractivity contribution in [3.63, 3.8) is 0 Å². The molecule has 0 amide bonds. The Labute approximate surface area is 85.1 Å². The zero-order chi connectivity index (χ0) is 10.7. The van der Waals surface area contributed by atoms with Crippen LogP contribution in [0.25, 0.3) is 0 Å². The van der Waals surface area contributed by atoms with E-state index in [-0.39, 0.29) is 0 Å². The van der Waals surface area contributed by atoms with Crippen LogP contribution < -0.4 is 0 Å². The molecule has 0 aliphatic heterocycles.